The molecule has 15 heavy (non-hydrogen) atoms. The predicted octanol–water partition coefficient (Wildman–Crippen LogP) is 2.63. The molecule has 0 unspecified atom stereocenters. The molecular weight excluding hydrogens is 190 g/mol. The fourth-order valence-corrected chi connectivity index (χ4v) is 1.12. The average molecular weight is 205 g/mol. The van der Waals surface area contributed by atoms with Crippen LogP contribution in [0.3, 0.4) is 0 Å². The van der Waals surface area contributed by atoms with Gasteiger partial charge in [-0.15, -0.1) is 0 Å². The van der Waals surface area contributed by atoms with Crippen molar-refractivity contribution in [1.29, 1.82) is 0 Å². The zero-order valence-electron chi connectivity index (χ0n) is 9.03. The van der Waals surface area contributed by atoms with Crippen LogP contribution in [0.1, 0.15) is 18.1 Å². The Labute approximate surface area is 89.7 Å². The SMILES string of the molecule is C=CCON=C(C)c1ccc(O)c(C)c1. The molecule has 0 amide bonds. The minimum absolute atomic E-state index is 0.290. The Kier molecular flexibility index (Phi) is 3.92. The minimum atomic E-state index is 0.290. The van der Waals surface area contributed by atoms with Crippen LogP contribution in [0.25, 0.3) is 0 Å². The second-order valence-corrected chi connectivity index (χ2v) is 3.26. The summed E-state index contributed by atoms with van der Waals surface area (Å²) < 4.78 is 0. The van der Waals surface area contributed by atoms with Gasteiger partial charge in [-0.25, -0.2) is 0 Å². The molecule has 3 heteroatoms. The highest BCUT2D eigenvalue weighted by atomic mass is 16.6. The van der Waals surface area contributed by atoms with Crippen LogP contribution in [0.4, 0.5) is 0 Å². The van der Waals surface area contributed by atoms with E-state index >= 15 is 0 Å². The van der Waals surface area contributed by atoms with E-state index in [1.54, 1.807) is 18.2 Å². The molecule has 0 saturated carbocycles. The van der Waals surface area contributed by atoms with Crippen molar-refractivity contribution in [2.24, 2.45) is 5.16 Å². The van der Waals surface area contributed by atoms with Crippen molar-refractivity contribution in [3.8, 4) is 5.75 Å². The Morgan fingerprint density at radius 2 is 2.33 bits per heavy atom. The normalized spacial score (nSPS) is 11.2. The maximum atomic E-state index is 9.36. The fourth-order valence-electron chi connectivity index (χ4n) is 1.12. The number of phenols is 1. The number of phenolic OH excluding ortho intramolecular Hbond substituents is 1. The van der Waals surface area contributed by atoms with Gasteiger partial charge in [-0.3, -0.25) is 0 Å². The Hall–Kier alpha value is -1.77. The zero-order chi connectivity index (χ0) is 11.3. The summed E-state index contributed by atoms with van der Waals surface area (Å²) in [5.74, 6) is 0.290. The van der Waals surface area contributed by atoms with E-state index < -0.39 is 0 Å². The van der Waals surface area contributed by atoms with Gasteiger partial charge in [0.05, 0.1) is 5.71 Å². The highest BCUT2D eigenvalue weighted by molar-refractivity contribution is 5.98. The van der Waals surface area contributed by atoms with E-state index in [1.165, 1.54) is 0 Å². The monoisotopic (exact) mass is 205 g/mol. The number of hydrogen-bond donors (Lipinski definition) is 1. The first-order valence-electron chi connectivity index (χ1n) is 4.72. The van der Waals surface area contributed by atoms with Crippen LogP contribution in [-0.2, 0) is 4.84 Å². The third-order valence-corrected chi connectivity index (χ3v) is 2.01. The van der Waals surface area contributed by atoms with Gasteiger partial charge in [-0.1, -0.05) is 17.8 Å². The van der Waals surface area contributed by atoms with Gasteiger partial charge >= 0.3 is 0 Å². The van der Waals surface area contributed by atoms with E-state index in [2.05, 4.69) is 11.7 Å². The molecule has 0 bridgehead atoms. The number of aromatic hydroxyl groups is 1. The molecule has 0 atom stereocenters. The highest BCUT2D eigenvalue weighted by Crippen LogP contribution is 2.17. The molecule has 1 aromatic carbocycles. The molecule has 0 heterocycles. The Bertz CT molecular complexity index is 383. The van der Waals surface area contributed by atoms with Crippen LogP contribution in [0, 0.1) is 6.92 Å². The molecule has 0 aliphatic rings. The molecular formula is C12H15NO2. The Morgan fingerprint density at radius 1 is 1.60 bits per heavy atom. The van der Waals surface area contributed by atoms with Gasteiger partial charge in [-0.2, -0.15) is 0 Å². The molecule has 3 nitrogen and oxygen atoms in total. The highest BCUT2D eigenvalue weighted by Gasteiger charge is 2.01. The molecule has 0 radical (unpaired) electrons. The van der Waals surface area contributed by atoms with E-state index in [-0.39, 0.29) is 0 Å². The van der Waals surface area contributed by atoms with Gasteiger partial charge < -0.3 is 9.94 Å². The van der Waals surface area contributed by atoms with Crippen LogP contribution < -0.4 is 0 Å². The smallest absolute Gasteiger partial charge is 0.135 e. The first-order chi connectivity index (χ1) is 7.15. The lowest BCUT2D eigenvalue weighted by Crippen LogP contribution is -1.97. The topological polar surface area (TPSA) is 41.8 Å². The largest absolute Gasteiger partial charge is 0.508 e. The summed E-state index contributed by atoms with van der Waals surface area (Å²) in [5, 5.41) is 13.3. The summed E-state index contributed by atoms with van der Waals surface area (Å²) in [5.41, 5.74) is 2.54. The molecule has 0 aromatic heterocycles. The summed E-state index contributed by atoms with van der Waals surface area (Å²) >= 11 is 0. The zero-order valence-corrected chi connectivity index (χ0v) is 9.03. The third-order valence-electron chi connectivity index (χ3n) is 2.01. The summed E-state index contributed by atoms with van der Waals surface area (Å²) in [6.45, 7) is 7.63. The van der Waals surface area contributed by atoms with Crippen molar-refractivity contribution in [2.45, 2.75) is 13.8 Å². The first-order valence-corrected chi connectivity index (χ1v) is 4.72. The van der Waals surface area contributed by atoms with Gasteiger partial charge in [0, 0.05) is 0 Å². The van der Waals surface area contributed by atoms with Gasteiger partial charge in [0.1, 0.15) is 12.4 Å². The van der Waals surface area contributed by atoms with E-state index in [4.69, 9.17) is 4.84 Å². The fraction of sp³-hybridized carbons (Fsp3) is 0.250. The van der Waals surface area contributed by atoms with Gasteiger partial charge in [0.15, 0.2) is 0 Å². The predicted molar refractivity (Wildman–Crippen MR) is 61.2 cm³/mol. The molecule has 0 aliphatic carbocycles. The number of benzene rings is 1. The quantitative estimate of drug-likeness (QED) is 0.355. The van der Waals surface area contributed by atoms with Crippen LogP contribution in [-0.4, -0.2) is 17.4 Å². The molecule has 0 saturated heterocycles. The van der Waals surface area contributed by atoms with Gasteiger partial charge in [0.2, 0.25) is 0 Å². The molecule has 0 spiro atoms. The second-order valence-electron chi connectivity index (χ2n) is 3.26. The first kappa shape index (κ1) is 11.3. The van der Waals surface area contributed by atoms with Crippen molar-refractivity contribution in [1.82, 2.24) is 0 Å². The van der Waals surface area contributed by atoms with Crippen molar-refractivity contribution >= 4 is 5.71 Å². The Morgan fingerprint density at radius 3 is 2.93 bits per heavy atom. The van der Waals surface area contributed by atoms with Crippen molar-refractivity contribution in [2.75, 3.05) is 6.61 Å². The molecule has 80 valence electrons. The molecule has 0 aliphatic heterocycles. The summed E-state index contributed by atoms with van der Waals surface area (Å²) in [4.78, 5) is 4.98. The summed E-state index contributed by atoms with van der Waals surface area (Å²) in [7, 11) is 0. The molecule has 0 fully saturated rings. The third kappa shape index (κ3) is 3.13. The molecule has 1 N–H and O–H groups in total. The number of nitrogens with zero attached hydrogens (tertiary/aromatic N) is 1. The number of aryl methyl sites for hydroxylation is 1. The maximum absolute atomic E-state index is 9.36. The minimum Gasteiger partial charge on any atom is -0.508 e. The van der Waals surface area contributed by atoms with Gasteiger partial charge in [-0.05, 0) is 43.2 Å². The average Bonchev–Trinajstić information content (AvgIpc) is 2.22. The lowest BCUT2D eigenvalue weighted by atomic mass is 10.1. The molecule has 1 rings (SSSR count). The van der Waals surface area contributed by atoms with Crippen LogP contribution in [0.5, 0.6) is 5.75 Å². The van der Waals surface area contributed by atoms with Crippen LogP contribution >= 0.6 is 0 Å². The lowest BCUT2D eigenvalue weighted by molar-refractivity contribution is 0.175. The van der Waals surface area contributed by atoms with Crippen LogP contribution in [0.2, 0.25) is 0 Å². The second kappa shape index (κ2) is 5.20. The lowest BCUT2D eigenvalue weighted by Gasteiger charge is -2.03. The van der Waals surface area contributed by atoms with Crippen LogP contribution in [0.15, 0.2) is 36.0 Å². The van der Waals surface area contributed by atoms with E-state index in [1.807, 2.05) is 19.9 Å². The van der Waals surface area contributed by atoms with Gasteiger partial charge in [0.25, 0.3) is 0 Å². The van der Waals surface area contributed by atoms with E-state index in [0.717, 1.165) is 16.8 Å². The van der Waals surface area contributed by atoms with Crippen molar-refractivity contribution in [3.63, 3.8) is 0 Å². The summed E-state index contributed by atoms with van der Waals surface area (Å²) in [6.07, 6.45) is 1.64. The number of rotatable bonds is 4. The van der Waals surface area contributed by atoms with E-state index in [9.17, 15) is 5.11 Å². The number of hydrogen-bond acceptors (Lipinski definition) is 3. The van der Waals surface area contributed by atoms with E-state index in [0.29, 0.717) is 12.4 Å². The summed E-state index contributed by atoms with van der Waals surface area (Å²) in [6, 6.07) is 5.32. The molecule has 1 aromatic rings. The van der Waals surface area contributed by atoms with Crippen molar-refractivity contribution < 1.29 is 9.94 Å². The maximum Gasteiger partial charge on any atom is 0.135 e. The standard InChI is InChI=1S/C12H15NO2/c1-4-7-15-13-10(3)11-5-6-12(14)9(2)8-11/h4-6,8,14H,1,7H2,2-3H3. The van der Waals surface area contributed by atoms with Crippen molar-refractivity contribution in [3.05, 3.63) is 42.0 Å². The Balaban J connectivity index is 2.81. The number of oxime groups is 1.